The summed E-state index contributed by atoms with van der Waals surface area (Å²) >= 11 is 0. The Kier molecular flexibility index (Phi) is 5.60. The summed E-state index contributed by atoms with van der Waals surface area (Å²) in [6.45, 7) is 9.95. The predicted octanol–water partition coefficient (Wildman–Crippen LogP) is 4.06. The van der Waals surface area contributed by atoms with E-state index in [4.69, 9.17) is 14.6 Å². The van der Waals surface area contributed by atoms with Crippen molar-refractivity contribution in [1.29, 1.82) is 0 Å². The largest absolute Gasteiger partial charge is 0.478 e. The Hall–Kier alpha value is -2.57. The number of carboxylic acid groups (broad SMARTS) is 1. The minimum absolute atomic E-state index is 0.0541. The Balaban J connectivity index is 3.27. The van der Waals surface area contributed by atoms with Gasteiger partial charge in [-0.15, -0.1) is 0 Å². The smallest absolute Gasteiger partial charge is 0.424 e. The molecule has 24 heavy (non-hydrogen) atoms. The van der Waals surface area contributed by atoms with Crippen LogP contribution < -0.4 is 4.90 Å². The number of imide groups is 1. The summed E-state index contributed by atoms with van der Waals surface area (Å²) in [6, 6.07) is 5.42. The highest BCUT2D eigenvalue weighted by molar-refractivity contribution is 6.10. The lowest BCUT2D eigenvalue weighted by Gasteiger charge is -2.28. The van der Waals surface area contributed by atoms with Gasteiger partial charge in [0.25, 0.3) is 0 Å². The Morgan fingerprint density at radius 1 is 0.917 bits per heavy atom. The summed E-state index contributed by atoms with van der Waals surface area (Å²) in [5, 5.41) is 9.09. The number of carboxylic acids is 1. The fourth-order valence-electron chi connectivity index (χ4n) is 1.68. The molecule has 0 aliphatic heterocycles. The van der Waals surface area contributed by atoms with Crippen LogP contribution in [0.25, 0.3) is 0 Å². The van der Waals surface area contributed by atoms with Crippen LogP contribution in [0.2, 0.25) is 0 Å². The third-order valence-electron chi connectivity index (χ3n) is 2.50. The van der Waals surface area contributed by atoms with Crippen LogP contribution in [-0.4, -0.2) is 34.5 Å². The highest BCUT2D eigenvalue weighted by Gasteiger charge is 2.32. The topological polar surface area (TPSA) is 93.1 Å². The second kappa shape index (κ2) is 6.90. The first-order valence-electron chi connectivity index (χ1n) is 7.39. The summed E-state index contributed by atoms with van der Waals surface area (Å²) in [4.78, 5) is 36.7. The van der Waals surface area contributed by atoms with Crippen molar-refractivity contribution in [2.45, 2.75) is 52.7 Å². The zero-order chi connectivity index (χ0) is 18.7. The Labute approximate surface area is 141 Å². The SMILES string of the molecule is CC(C)(C)OC(=O)N(C(=O)OC(C)(C)C)c1cccc(C(=O)O)c1. The second-order valence-corrected chi connectivity index (χ2v) is 7.15. The van der Waals surface area contributed by atoms with Crippen molar-refractivity contribution in [1.82, 2.24) is 0 Å². The fraction of sp³-hybridized carbons (Fsp3) is 0.471. The predicted molar refractivity (Wildman–Crippen MR) is 88.3 cm³/mol. The van der Waals surface area contributed by atoms with E-state index >= 15 is 0 Å². The number of amides is 2. The van der Waals surface area contributed by atoms with Gasteiger partial charge in [-0.05, 0) is 59.7 Å². The van der Waals surface area contributed by atoms with E-state index in [-0.39, 0.29) is 11.3 Å². The number of anilines is 1. The lowest BCUT2D eigenvalue weighted by Crippen LogP contribution is -2.43. The van der Waals surface area contributed by atoms with Gasteiger partial charge < -0.3 is 14.6 Å². The molecule has 7 nitrogen and oxygen atoms in total. The normalized spacial score (nSPS) is 11.6. The van der Waals surface area contributed by atoms with E-state index in [1.165, 1.54) is 24.3 Å². The maximum Gasteiger partial charge on any atom is 0.424 e. The van der Waals surface area contributed by atoms with Gasteiger partial charge in [-0.3, -0.25) is 0 Å². The lowest BCUT2D eigenvalue weighted by atomic mass is 10.2. The average molecular weight is 337 g/mol. The molecule has 0 aromatic heterocycles. The van der Waals surface area contributed by atoms with Crippen LogP contribution in [0.3, 0.4) is 0 Å². The molecule has 0 unspecified atom stereocenters. The van der Waals surface area contributed by atoms with Gasteiger partial charge in [0.15, 0.2) is 0 Å². The quantitative estimate of drug-likeness (QED) is 0.874. The number of carbonyl (C=O) groups is 3. The minimum atomic E-state index is -1.18. The van der Waals surface area contributed by atoms with Crippen molar-refractivity contribution >= 4 is 23.8 Å². The molecule has 0 aliphatic carbocycles. The van der Waals surface area contributed by atoms with E-state index in [1.54, 1.807) is 41.5 Å². The minimum Gasteiger partial charge on any atom is -0.478 e. The molecule has 0 bridgehead atoms. The maximum atomic E-state index is 12.4. The number of nitrogens with zero attached hydrogens (tertiary/aromatic N) is 1. The summed E-state index contributed by atoms with van der Waals surface area (Å²) in [6.07, 6.45) is -1.89. The number of rotatable bonds is 2. The van der Waals surface area contributed by atoms with Crippen molar-refractivity contribution < 1.29 is 29.0 Å². The third kappa shape index (κ3) is 5.91. The molecule has 1 N–H and O–H groups in total. The van der Waals surface area contributed by atoms with Gasteiger partial charge in [-0.25, -0.2) is 14.4 Å². The van der Waals surface area contributed by atoms with Crippen molar-refractivity contribution in [2.24, 2.45) is 0 Å². The van der Waals surface area contributed by atoms with Crippen LogP contribution in [0.4, 0.5) is 15.3 Å². The molecule has 0 saturated carbocycles. The van der Waals surface area contributed by atoms with Gasteiger partial charge in [0.2, 0.25) is 0 Å². The van der Waals surface area contributed by atoms with E-state index in [2.05, 4.69) is 0 Å². The molecule has 0 fully saturated rings. The van der Waals surface area contributed by atoms with Crippen molar-refractivity contribution in [3.05, 3.63) is 29.8 Å². The highest BCUT2D eigenvalue weighted by Crippen LogP contribution is 2.22. The van der Waals surface area contributed by atoms with Gasteiger partial charge in [-0.2, -0.15) is 4.90 Å². The molecule has 0 radical (unpaired) electrons. The van der Waals surface area contributed by atoms with E-state index in [1.807, 2.05) is 0 Å². The molecule has 132 valence electrons. The zero-order valence-electron chi connectivity index (χ0n) is 14.7. The molecule has 1 rings (SSSR count). The molecule has 1 aromatic rings. The highest BCUT2D eigenvalue weighted by atomic mass is 16.6. The number of benzene rings is 1. The van der Waals surface area contributed by atoms with E-state index in [0.717, 1.165) is 0 Å². The van der Waals surface area contributed by atoms with Crippen LogP contribution in [0.15, 0.2) is 24.3 Å². The average Bonchev–Trinajstić information content (AvgIpc) is 2.34. The Morgan fingerprint density at radius 2 is 1.38 bits per heavy atom. The zero-order valence-corrected chi connectivity index (χ0v) is 14.7. The first-order chi connectivity index (χ1) is 10.8. The molecular weight excluding hydrogens is 314 g/mol. The molecule has 1 aromatic carbocycles. The van der Waals surface area contributed by atoms with Gasteiger partial charge in [-0.1, -0.05) is 6.07 Å². The number of aromatic carboxylic acids is 1. The number of carbonyl (C=O) groups excluding carboxylic acids is 2. The second-order valence-electron chi connectivity index (χ2n) is 7.15. The van der Waals surface area contributed by atoms with E-state index < -0.39 is 29.4 Å². The van der Waals surface area contributed by atoms with Gasteiger partial charge in [0.05, 0.1) is 11.3 Å². The summed E-state index contributed by atoms with van der Waals surface area (Å²) in [7, 11) is 0. The number of ether oxygens (including phenoxy) is 2. The molecule has 2 amide bonds. The van der Waals surface area contributed by atoms with Crippen molar-refractivity contribution in [3.63, 3.8) is 0 Å². The van der Waals surface area contributed by atoms with Gasteiger partial charge in [0, 0.05) is 0 Å². The summed E-state index contributed by atoms with van der Waals surface area (Å²) in [5.74, 6) is -1.18. The summed E-state index contributed by atoms with van der Waals surface area (Å²) in [5.41, 5.74) is -1.67. The first-order valence-corrected chi connectivity index (χ1v) is 7.39. The monoisotopic (exact) mass is 337 g/mol. The van der Waals surface area contributed by atoms with Gasteiger partial charge >= 0.3 is 18.2 Å². The third-order valence-corrected chi connectivity index (χ3v) is 2.50. The van der Waals surface area contributed by atoms with Crippen molar-refractivity contribution in [3.8, 4) is 0 Å². The molecular formula is C17H23NO6. The molecule has 7 heteroatoms. The fourth-order valence-corrected chi connectivity index (χ4v) is 1.68. The molecule has 0 spiro atoms. The standard InChI is InChI=1S/C17H23NO6/c1-16(2,3)23-14(21)18(15(22)24-17(4,5)6)12-9-7-8-11(10-12)13(19)20/h7-10H,1-6H3,(H,19,20). The van der Waals surface area contributed by atoms with Crippen LogP contribution >= 0.6 is 0 Å². The number of hydrogen-bond acceptors (Lipinski definition) is 5. The van der Waals surface area contributed by atoms with E-state index in [0.29, 0.717) is 4.90 Å². The van der Waals surface area contributed by atoms with Crippen molar-refractivity contribution in [2.75, 3.05) is 4.90 Å². The molecule has 0 heterocycles. The Bertz CT molecular complexity index is 611. The maximum absolute atomic E-state index is 12.4. The molecule has 0 saturated heterocycles. The van der Waals surface area contributed by atoms with Crippen LogP contribution in [-0.2, 0) is 9.47 Å². The van der Waals surface area contributed by atoms with E-state index in [9.17, 15) is 14.4 Å². The van der Waals surface area contributed by atoms with Crippen LogP contribution in [0, 0.1) is 0 Å². The molecule has 0 aliphatic rings. The number of hydrogen-bond donors (Lipinski definition) is 1. The lowest BCUT2D eigenvalue weighted by molar-refractivity contribution is 0.0429. The van der Waals surface area contributed by atoms with Gasteiger partial charge in [0.1, 0.15) is 11.2 Å². The Morgan fingerprint density at radius 3 is 1.75 bits per heavy atom. The van der Waals surface area contributed by atoms with Crippen LogP contribution in [0.1, 0.15) is 51.9 Å². The molecule has 0 atom stereocenters. The first kappa shape index (κ1) is 19.5. The summed E-state index contributed by atoms with van der Waals surface area (Å²) < 4.78 is 10.5. The van der Waals surface area contributed by atoms with Crippen LogP contribution in [0.5, 0.6) is 0 Å².